The van der Waals surface area contributed by atoms with Gasteiger partial charge in [0.05, 0.1) is 4.90 Å². The largest absolute Gasteiger partial charge is 0.326 e. The molecule has 0 aliphatic rings. The van der Waals surface area contributed by atoms with E-state index in [1.807, 2.05) is 39.0 Å². The molecule has 0 bridgehead atoms. The normalized spacial score (nSPS) is 11.7. The predicted molar refractivity (Wildman–Crippen MR) is 92.9 cm³/mol. The topological polar surface area (TPSA) is 46.2 Å². The van der Waals surface area contributed by atoms with E-state index in [9.17, 15) is 8.42 Å². The first-order valence-electron chi connectivity index (χ1n) is 6.40. The van der Waals surface area contributed by atoms with Gasteiger partial charge in [-0.1, -0.05) is 38.6 Å². The summed E-state index contributed by atoms with van der Waals surface area (Å²) in [5.41, 5.74) is 0.822. The van der Waals surface area contributed by atoms with Crippen LogP contribution in [0.3, 0.4) is 0 Å². The molecule has 0 fully saturated rings. The monoisotopic (exact) mass is 345 g/mol. The summed E-state index contributed by atoms with van der Waals surface area (Å²) in [6.07, 6.45) is 7.32. The molecule has 3 nitrogen and oxygen atoms in total. The van der Waals surface area contributed by atoms with E-state index in [2.05, 4.69) is 11.3 Å². The predicted octanol–water partition coefficient (Wildman–Crippen LogP) is 4.88. The average Bonchev–Trinajstić information content (AvgIpc) is 2.49. The maximum atomic E-state index is 11.2. The van der Waals surface area contributed by atoms with Gasteiger partial charge in [-0.3, -0.25) is 0 Å². The Balaban J connectivity index is 0.00000191. The molecule has 0 amide bonds. The lowest BCUT2D eigenvalue weighted by molar-refractivity contribution is 0.609. The van der Waals surface area contributed by atoms with Crippen LogP contribution >= 0.6 is 22.6 Å². The van der Waals surface area contributed by atoms with Crippen molar-refractivity contribution in [3.8, 4) is 0 Å². The van der Waals surface area contributed by atoms with E-state index >= 15 is 0 Å². The molecule has 1 N–H and O–H groups in total. The van der Waals surface area contributed by atoms with E-state index < -0.39 is 9.05 Å². The van der Waals surface area contributed by atoms with Crippen LogP contribution in [-0.2, 0) is 9.05 Å². The number of nitrogens with one attached hydrogen (secondary N) is 1. The van der Waals surface area contributed by atoms with Crippen molar-refractivity contribution in [3.63, 3.8) is 0 Å². The van der Waals surface area contributed by atoms with Crippen molar-refractivity contribution < 1.29 is 8.42 Å². The third-order valence-electron chi connectivity index (χ3n) is 2.06. The molecule has 1 rings (SSSR count). The fourth-order valence-electron chi connectivity index (χ4n) is 1.15. The van der Waals surface area contributed by atoms with Gasteiger partial charge in [0.15, 0.2) is 0 Å². The molecule has 0 unspecified atom stereocenters. The number of rotatable bonds is 6. The van der Waals surface area contributed by atoms with Crippen molar-refractivity contribution in [2.24, 2.45) is 0 Å². The molecule has 0 saturated heterocycles. The van der Waals surface area contributed by atoms with Gasteiger partial charge in [0, 0.05) is 21.3 Å². The highest BCUT2D eigenvalue weighted by Crippen LogP contribution is 2.22. The lowest BCUT2D eigenvalue weighted by atomic mass is 10.4. The SMILES string of the molecule is C=C/C(=C\C=C/C)NSc1cccc(S(=O)(=O)Cl)c1.CC. The zero-order valence-electron chi connectivity index (χ0n) is 12.3. The van der Waals surface area contributed by atoms with Crippen molar-refractivity contribution in [2.75, 3.05) is 0 Å². The molecular formula is C15H20ClNO2S2. The maximum Gasteiger partial charge on any atom is 0.261 e. The van der Waals surface area contributed by atoms with Crippen LogP contribution in [0.5, 0.6) is 0 Å². The number of hydrogen-bond donors (Lipinski definition) is 1. The molecule has 0 aromatic heterocycles. The van der Waals surface area contributed by atoms with Crippen LogP contribution < -0.4 is 4.72 Å². The molecule has 0 atom stereocenters. The van der Waals surface area contributed by atoms with Crippen molar-refractivity contribution in [1.82, 2.24) is 4.72 Å². The van der Waals surface area contributed by atoms with Crippen molar-refractivity contribution in [3.05, 3.63) is 60.8 Å². The van der Waals surface area contributed by atoms with Crippen molar-refractivity contribution >= 4 is 31.7 Å². The van der Waals surface area contributed by atoms with Crippen molar-refractivity contribution in [2.45, 2.75) is 30.6 Å². The maximum absolute atomic E-state index is 11.2. The highest BCUT2D eigenvalue weighted by Gasteiger charge is 2.10. The summed E-state index contributed by atoms with van der Waals surface area (Å²) in [6, 6.07) is 6.40. The highest BCUT2D eigenvalue weighted by molar-refractivity contribution is 8.13. The van der Waals surface area contributed by atoms with Gasteiger partial charge in [0.25, 0.3) is 9.05 Å². The van der Waals surface area contributed by atoms with E-state index in [0.717, 1.165) is 10.6 Å². The molecule has 21 heavy (non-hydrogen) atoms. The number of hydrogen-bond acceptors (Lipinski definition) is 4. The summed E-state index contributed by atoms with van der Waals surface area (Å²) in [5.74, 6) is 0. The first kappa shape index (κ1) is 19.8. The summed E-state index contributed by atoms with van der Waals surface area (Å²) in [5, 5.41) is 0. The lowest BCUT2D eigenvalue weighted by Gasteiger charge is -2.06. The second kappa shape index (κ2) is 10.5. The molecule has 1 aromatic carbocycles. The van der Waals surface area contributed by atoms with Gasteiger partial charge < -0.3 is 4.72 Å². The highest BCUT2D eigenvalue weighted by atomic mass is 35.7. The zero-order valence-corrected chi connectivity index (χ0v) is 14.7. The molecule has 1 aromatic rings. The van der Waals surface area contributed by atoms with E-state index in [1.165, 1.54) is 24.1 Å². The molecule has 0 heterocycles. The number of benzene rings is 1. The van der Waals surface area contributed by atoms with Crippen LogP contribution in [-0.4, -0.2) is 8.42 Å². The van der Waals surface area contributed by atoms with Gasteiger partial charge >= 0.3 is 0 Å². The Labute approximate surface area is 136 Å². The van der Waals surface area contributed by atoms with Crippen LogP contribution in [0.4, 0.5) is 0 Å². The second-order valence-electron chi connectivity index (χ2n) is 3.47. The Morgan fingerprint density at radius 1 is 1.38 bits per heavy atom. The lowest BCUT2D eigenvalue weighted by Crippen LogP contribution is -2.00. The van der Waals surface area contributed by atoms with E-state index in [0.29, 0.717) is 0 Å². The standard InChI is InChI=1S/C13H14ClNO2S2.C2H6/c1-3-5-7-11(4-2)15-18-12-8-6-9-13(10-12)19(14,16)17;1-2/h3-10,15H,2H2,1H3;1-2H3/b5-3-,11-7+;. The quantitative estimate of drug-likeness (QED) is 0.453. The van der Waals surface area contributed by atoms with Gasteiger partial charge in [-0.05, 0) is 49.2 Å². The minimum Gasteiger partial charge on any atom is -0.326 e. The summed E-state index contributed by atoms with van der Waals surface area (Å²) < 4.78 is 25.5. The Bertz CT molecular complexity index is 608. The van der Waals surface area contributed by atoms with Gasteiger partial charge in [0.1, 0.15) is 0 Å². The van der Waals surface area contributed by atoms with E-state index in [1.54, 1.807) is 18.2 Å². The zero-order chi connectivity index (χ0) is 16.3. The van der Waals surface area contributed by atoms with Crippen LogP contribution in [0, 0.1) is 0 Å². The van der Waals surface area contributed by atoms with Crippen molar-refractivity contribution in [1.29, 1.82) is 0 Å². The molecule has 0 spiro atoms. The van der Waals surface area contributed by atoms with Gasteiger partial charge in [-0.15, -0.1) is 0 Å². The Morgan fingerprint density at radius 2 is 2.05 bits per heavy atom. The molecular weight excluding hydrogens is 326 g/mol. The third-order valence-corrected chi connectivity index (χ3v) is 4.24. The molecule has 6 heteroatoms. The summed E-state index contributed by atoms with van der Waals surface area (Å²) >= 11 is 1.29. The summed E-state index contributed by atoms with van der Waals surface area (Å²) in [4.78, 5) is 0.827. The second-order valence-corrected chi connectivity index (χ2v) is 6.91. The van der Waals surface area contributed by atoms with Gasteiger partial charge in [-0.25, -0.2) is 8.42 Å². The third kappa shape index (κ3) is 7.99. The smallest absolute Gasteiger partial charge is 0.261 e. The fraction of sp³-hybridized carbons (Fsp3) is 0.200. The van der Waals surface area contributed by atoms with Crippen LogP contribution in [0.2, 0.25) is 0 Å². The average molecular weight is 346 g/mol. The first-order valence-corrected chi connectivity index (χ1v) is 9.53. The molecule has 116 valence electrons. The Kier molecular flexibility index (Phi) is 9.95. The molecule has 0 aliphatic heterocycles. The minimum absolute atomic E-state index is 0.0820. The summed E-state index contributed by atoms with van der Waals surface area (Å²) in [6.45, 7) is 9.60. The molecule has 0 radical (unpaired) electrons. The van der Waals surface area contributed by atoms with Gasteiger partial charge in [0.2, 0.25) is 0 Å². The van der Waals surface area contributed by atoms with Crippen LogP contribution in [0.25, 0.3) is 0 Å². The Morgan fingerprint density at radius 3 is 2.57 bits per heavy atom. The van der Waals surface area contributed by atoms with Gasteiger partial charge in [-0.2, -0.15) is 0 Å². The molecule has 0 saturated carbocycles. The first-order chi connectivity index (χ1) is 9.97. The van der Waals surface area contributed by atoms with E-state index in [4.69, 9.17) is 10.7 Å². The number of allylic oxidation sites excluding steroid dienone is 4. The van der Waals surface area contributed by atoms with Crippen LogP contribution in [0.1, 0.15) is 20.8 Å². The van der Waals surface area contributed by atoms with E-state index in [-0.39, 0.29) is 4.90 Å². The van der Waals surface area contributed by atoms with Crippen LogP contribution in [0.15, 0.2) is 70.6 Å². The minimum atomic E-state index is -3.70. The Hall–Kier alpha value is -1.17. The fourth-order valence-corrected chi connectivity index (χ4v) is 2.74. The number of halogens is 1. The summed E-state index contributed by atoms with van der Waals surface area (Å²) in [7, 11) is 1.60. The molecule has 0 aliphatic carbocycles.